The molecule has 214 valence electrons. The molecule has 0 unspecified atom stereocenters. The van der Waals surface area contributed by atoms with Gasteiger partial charge >= 0.3 is 5.97 Å². The summed E-state index contributed by atoms with van der Waals surface area (Å²) >= 11 is 5.81. The van der Waals surface area contributed by atoms with Crippen molar-refractivity contribution in [1.82, 2.24) is 19.4 Å². The summed E-state index contributed by atoms with van der Waals surface area (Å²) in [6.07, 6.45) is 4.52. The first kappa shape index (κ1) is 27.4. The van der Waals surface area contributed by atoms with Crippen molar-refractivity contribution in [2.75, 3.05) is 19.7 Å². The lowest BCUT2D eigenvalue weighted by molar-refractivity contribution is -0.0592. The van der Waals surface area contributed by atoms with Gasteiger partial charge in [-0.15, -0.1) is 0 Å². The molecule has 4 heterocycles. The van der Waals surface area contributed by atoms with Gasteiger partial charge in [-0.2, -0.15) is 0 Å². The monoisotopic (exact) mass is 580 g/mol. The van der Waals surface area contributed by atoms with E-state index in [1.165, 1.54) is 12.1 Å². The minimum Gasteiger partial charge on any atom is -0.490 e. The van der Waals surface area contributed by atoms with E-state index >= 15 is 0 Å². The summed E-state index contributed by atoms with van der Waals surface area (Å²) in [4.78, 5) is 23.1. The van der Waals surface area contributed by atoms with Crippen LogP contribution < -0.4 is 9.47 Å². The Kier molecular flexibility index (Phi) is 8.04. The van der Waals surface area contributed by atoms with E-state index in [0.717, 1.165) is 55.8 Å². The summed E-state index contributed by atoms with van der Waals surface area (Å²) in [6.45, 7) is 3.86. The normalized spacial score (nSPS) is 17.9. The molecule has 2 aromatic heterocycles. The van der Waals surface area contributed by atoms with E-state index < -0.39 is 11.8 Å². The van der Waals surface area contributed by atoms with Gasteiger partial charge in [-0.3, -0.25) is 9.88 Å². The molecule has 0 amide bonds. The number of hydrogen-bond donors (Lipinski definition) is 1. The second-order valence-corrected chi connectivity index (χ2v) is 10.8. The van der Waals surface area contributed by atoms with Crippen LogP contribution in [0.1, 0.15) is 41.1 Å². The van der Waals surface area contributed by atoms with Crippen LogP contribution >= 0.6 is 11.6 Å². The van der Waals surface area contributed by atoms with Crippen molar-refractivity contribution < 1.29 is 28.5 Å². The number of aromatic nitrogens is 3. The Morgan fingerprint density at radius 3 is 2.68 bits per heavy atom. The number of hydrogen-bond acceptors (Lipinski definition) is 7. The van der Waals surface area contributed by atoms with Crippen LogP contribution in [0.5, 0.6) is 11.5 Å². The van der Waals surface area contributed by atoms with Gasteiger partial charge in [0.1, 0.15) is 24.3 Å². The highest BCUT2D eigenvalue weighted by Gasteiger charge is 2.26. The summed E-state index contributed by atoms with van der Waals surface area (Å²) in [7, 11) is 0. The van der Waals surface area contributed by atoms with E-state index in [9.17, 15) is 14.3 Å². The first-order chi connectivity index (χ1) is 19.9. The van der Waals surface area contributed by atoms with Gasteiger partial charge in [0.25, 0.3) is 0 Å². The third-order valence-electron chi connectivity index (χ3n) is 7.51. The molecule has 0 radical (unpaired) electrons. The topological polar surface area (TPSA) is 98.9 Å². The number of rotatable bonds is 10. The molecule has 2 fully saturated rings. The SMILES string of the molecule is O=C(O)c1ccc2nc(CN3CCC(Oc4ccnc(COc5ccc(Cl)cc5F)c4)CC3)n(C[C@@H]3CCO3)c2c1. The maximum atomic E-state index is 14.0. The van der Waals surface area contributed by atoms with Gasteiger partial charge < -0.3 is 23.9 Å². The Hall–Kier alpha value is -3.73. The maximum Gasteiger partial charge on any atom is 0.335 e. The highest BCUT2D eigenvalue weighted by Crippen LogP contribution is 2.26. The van der Waals surface area contributed by atoms with Crippen LogP contribution in [0.25, 0.3) is 11.0 Å². The number of carboxylic acids is 1. The quantitative estimate of drug-likeness (QED) is 0.269. The minimum absolute atomic E-state index is 0.0523. The van der Waals surface area contributed by atoms with E-state index in [-0.39, 0.29) is 30.1 Å². The Labute approximate surface area is 241 Å². The van der Waals surface area contributed by atoms with Gasteiger partial charge in [-0.25, -0.2) is 14.2 Å². The van der Waals surface area contributed by atoms with Crippen molar-refractivity contribution in [3.05, 3.63) is 82.6 Å². The summed E-state index contributed by atoms with van der Waals surface area (Å²) in [5.41, 5.74) is 2.50. The minimum atomic E-state index is -0.951. The summed E-state index contributed by atoms with van der Waals surface area (Å²) in [5, 5.41) is 9.79. The van der Waals surface area contributed by atoms with Gasteiger partial charge in [0.15, 0.2) is 11.6 Å². The number of pyridine rings is 1. The zero-order chi connectivity index (χ0) is 28.3. The molecule has 6 rings (SSSR count). The number of benzene rings is 2. The second-order valence-electron chi connectivity index (χ2n) is 10.4. The molecule has 2 aliphatic rings. The molecule has 2 aromatic carbocycles. The fourth-order valence-electron chi connectivity index (χ4n) is 5.19. The van der Waals surface area contributed by atoms with Crippen molar-refractivity contribution in [1.29, 1.82) is 0 Å². The highest BCUT2D eigenvalue weighted by atomic mass is 35.5. The third kappa shape index (κ3) is 6.45. The first-order valence-corrected chi connectivity index (χ1v) is 14.0. The lowest BCUT2D eigenvalue weighted by atomic mass is 10.1. The number of fused-ring (bicyclic) bond motifs is 1. The molecule has 0 aliphatic carbocycles. The molecule has 41 heavy (non-hydrogen) atoms. The maximum absolute atomic E-state index is 14.0. The molecule has 2 aliphatic heterocycles. The van der Waals surface area contributed by atoms with Gasteiger partial charge in [0, 0.05) is 37.0 Å². The first-order valence-electron chi connectivity index (χ1n) is 13.7. The van der Waals surface area contributed by atoms with Crippen LogP contribution in [0.2, 0.25) is 5.02 Å². The molecule has 1 N–H and O–H groups in total. The van der Waals surface area contributed by atoms with Crippen molar-refractivity contribution in [3.8, 4) is 11.5 Å². The van der Waals surface area contributed by atoms with E-state index in [2.05, 4.69) is 14.5 Å². The lowest BCUT2D eigenvalue weighted by Crippen LogP contribution is -2.39. The fourth-order valence-corrected chi connectivity index (χ4v) is 5.35. The molecule has 1 atom stereocenters. The molecule has 4 aromatic rings. The smallest absolute Gasteiger partial charge is 0.335 e. The van der Waals surface area contributed by atoms with E-state index in [0.29, 0.717) is 29.6 Å². The van der Waals surface area contributed by atoms with E-state index in [1.807, 2.05) is 12.1 Å². The number of aromatic carboxylic acids is 1. The highest BCUT2D eigenvalue weighted by molar-refractivity contribution is 6.30. The Morgan fingerprint density at radius 1 is 1.12 bits per heavy atom. The van der Waals surface area contributed by atoms with Crippen molar-refractivity contribution >= 4 is 28.6 Å². The zero-order valence-electron chi connectivity index (χ0n) is 22.3. The van der Waals surface area contributed by atoms with Crippen LogP contribution in [-0.2, 0) is 24.4 Å². The van der Waals surface area contributed by atoms with Gasteiger partial charge in [0.05, 0.1) is 41.5 Å². The Morgan fingerprint density at radius 2 is 1.95 bits per heavy atom. The van der Waals surface area contributed by atoms with Gasteiger partial charge in [-0.05, 0) is 61.7 Å². The molecule has 0 saturated carbocycles. The van der Waals surface area contributed by atoms with Crippen molar-refractivity contribution in [2.24, 2.45) is 0 Å². The number of carbonyl (C=O) groups is 1. The average Bonchev–Trinajstić information content (AvgIpc) is 3.27. The standard InChI is InChI=1S/C30H30ClFN4O5/c31-20-2-4-28(25(32)14-20)40-18-21-15-23(5-9-33-21)41-22-6-10-35(11-7-22)17-29-34-26-3-1-19(30(37)38)13-27(26)36(29)16-24-8-12-39-24/h1-5,9,13-15,22,24H,6-8,10-12,16-18H2,(H,37,38)/t24-/m0/s1. The molecular weight excluding hydrogens is 551 g/mol. The van der Waals surface area contributed by atoms with Gasteiger partial charge in [-0.1, -0.05) is 11.6 Å². The number of carboxylic acid groups (broad SMARTS) is 1. The van der Waals surface area contributed by atoms with Crippen LogP contribution in [0, 0.1) is 5.82 Å². The molecule has 9 nitrogen and oxygen atoms in total. The van der Waals surface area contributed by atoms with E-state index in [1.54, 1.807) is 30.5 Å². The molecule has 11 heteroatoms. The largest absolute Gasteiger partial charge is 0.490 e. The summed E-state index contributed by atoms with van der Waals surface area (Å²) in [5.74, 6) is 0.255. The molecule has 0 spiro atoms. The second kappa shape index (κ2) is 12.0. The lowest BCUT2D eigenvalue weighted by Gasteiger charge is -2.32. The molecular formula is C30H30ClFN4O5. The predicted molar refractivity (Wildman–Crippen MR) is 150 cm³/mol. The number of imidazole rings is 1. The van der Waals surface area contributed by atoms with Crippen molar-refractivity contribution in [3.63, 3.8) is 0 Å². The summed E-state index contributed by atoms with van der Waals surface area (Å²) in [6, 6.07) is 13.0. The summed E-state index contributed by atoms with van der Waals surface area (Å²) < 4.78 is 33.6. The number of likely N-dealkylation sites (tertiary alicyclic amines) is 1. The van der Waals surface area contributed by atoms with Crippen LogP contribution in [-0.4, -0.2) is 62.4 Å². The Balaban J connectivity index is 1.06. The average molecular weight is 581 g/mol. The predicted octanol–water partition coefficient (Wildman–Crippen LogP) is 5.33. The number of piperidine rings is 1. The van der Waals surface area contributed by atoms with Crippen LogP contribution in [0.15, 0.2) is 54.7 Å². The van der Waals surface area contributed by atoms with E-state index in [4.69, 9.17) is 30.8 Å². The Bertz CT molecular complexity index is 1550. The number of nitrogens with zero attached hydrogens (tertiary/aromatic N) is 4. The van der Waals surface area contributed by atoms with Crippen molar-refractivity contribution in [2.45, 2.75) is 51.2 Å². The zero-order valence-corrected chi connectivity index (χ0v) is 23.1. The number of halogens is 2. The fraction of sp³-hybridized carbons (Fsp3) is 0.367. The third-order valence-corrected chi connectivity index (χ3v) is 7.75. The van der Waals surface area contributed by atoms with Crippen LogP contribution in [0.4, 0.5) is 4.39 Å². The molecule has 2 saturated heterocycles. The number of ether oxygens (including phenoxy) is 3. The van der Waals surface area contributed by atoms with Gasteiger partial charge in [0.2, 0.25) is 0 Å². The van der Waals surface area contributed by atoms with Crippen LogP contribution in [0.3, 0.4) is 0 Å². The molecule has 0 bridgehead atoms.